The first kappa shape index (κ1) is 22.3. The number of nitrogens with one attached hydrogen (secondary N) is 1. The second-order valence-corrected chi connectivity index (χ2v) is 9.08. The standard InChI is InChI=1S/C18H20ClF2N5O3S/c1-10-9-26(6-4-18(10,20)21)16-13(8-14(19)11(2)24-16)17(27)25-12-3-5-23-15(7-12)30(22,28)29/h3,5,7-8,10H,4,6,9H2,1-2H3,(H2,22,28,29)(H,23,25,27)/t10-/m0/s1. The van der Waals surface area contributed by atoms with Crippen molar-refractivity contribution in [3.63, 3.8) is 0 Å². The first-order valence-electron chi connectivity index (χ1n) is 8.98. The second-order valence-electron chi connectivity index (χ2n) is 7.17. The van der Waals surface area contributed by atoms with Crippen molar-refractivity contribution in [2.45, 2.75) is 31.2 Å². The van der Waals surface area contributed by atoms with Crippen molar-refractivity contribution in [1.29, 1.82) is 0 Å². The van der Waals surface area contributed by atoms with Gasteiger partial charge in [0, 0.05) is 43.4 Å². The fourth-order valence-corrected chi connectivity index (χ4v) is 3.75. The van der Waals surface area contributed by atoms with Gasteiger partial charge >= 0.3 is 0 Å². The van der Waals surface area contributed by atoms with Gasteiger partial charge in [-0.2, -0.15) is 0 Å². The molecular weight excluding hydrogens is 440 g/mol. The molecule has 0 saturated carbocycles. The molecule has 3 rings (SSSR count). The van der Waals surface area contributed by atoms with E-state index in [1.165, 1.54) is 25.3 Å². The Morgan fingerprint density at radius 3 is 2.73 bits per heavy atom. The number of carbonyl (C=O) groups excluding carboxylic acids is 1. The highest BCUT2D eigenvalue weighted by Crippen LogP contribution is 2.36. The monoisotopic (exact) mass is 459 g/mol. The average Bonchev–Trinajstić information content (AvgIpc) is 2.65. The number of hydrogen-bond acceptors (Lipinski definition) is 6. The van der Waals surface area contributed by atoms with Crippen LogP contribution in [-0.2, 0) is 10.0 Å². The van der Waals surface area contributed by atoms with Gasteiger partial charge in [0.05, 0.1) is 16.3 Å². The molecule has 2 aromatic heterocycles. The Morgan fingerprint density at radius 2 is 2.10 bits per heavy atom. The molecule has 1 amide bonds. The molecule has 0 aromatic carbocycles. The minimum absolute atomic E-state index is 0.0200. The molecule has 0 unspecified atom stereocenters. The number of nitrogens with zero attached hydrogens (tertiary/aromatic N) is 3. The van der Waals surface area contributed by atoms with Crippen molar-refractivity contribution in [2.75, 3.05) is 23.3 Å². The van der Waals surface area contributed by atoms with Crippen LogP contribution in [0.2, 0.25) is 5.02 Å². The third-order valence-electron chi connectivity index (χ3n) is 4.89. The number of alkyl halides is 2. The molecule has 12 heteroatoms. The van der Waals surface area contributed by atoms with Crippen molar-refractivity contribution in [3.05, 3.63) is 40.7 Å². The van der Waals surface area contributed by atoms with Crippen LogP contribution in [0.25, 0.3) is 0 Å². The Bertz CT molecular complexity index is 1100. The quantitative estimate of drug-likeness (QED) is 0.725. The van der Waals surface area contributed by atoms with E-state index >= 15 is 0 Å². The highest BCUT2D eigenvalue weighted by atomic mass is 35.5. The number of rotatable bonds is 4. The topological polar surface area (TPSA) is 118 Å². The van der Waals surface area contributed by atoms with Crippen LogP contribution in [0.3, 0.4) is 0 Å². The number of halogens is 3. The average molecular weight is 460 g/mol. The molecule has 1 aliphatic heterocycles. The number of primary sulfonamides is 1. The lowest BCUT2D eigenvalue weighted by molar-refractivity contribution is -0.0652. The van der Waals surface area contributed by atoms with E-state index in [-0.39, 0.29) is 41.6 Å². The maximum absolute atomic E-state index is 13.9. The number of sulfonamides is 1. The second kappa shape index (κ2) is 8.05. The smallest absolute Gasteiger partial charge is 0.259 e. The van der Waals surface area contributed by atoms with Crippen LogP contribution >= 0.6 is 11.6 Å². The van der Waals surface area contributed by atoms with Gasteiger partial charge in [0.1, 0.15) is 5.82 Å². The van der Waals surface area contributed by atoms with Gasteiger partial charge < -0.3 is 10.2 Å². The number of carbonyl (C=O) groups is 1. The van der Waals surface area contributed by atoms with E-state index in [0.29, 0.717) is 5.69 Å². The van der Waals surface area contributed by atoms with Crippen LogP contribution in [0.4, 0.5) is 20.3 Å². The third-order valence-corrected chi connectivity index (χ3v) is 6.08. The van der Waals surface area contributed by atoms with E-state index in [4.69, 9.17) is 16.7 Å². The van der Waals surface area contributed by atoms with Gasteiger partial charge in [-0.1, -0.05) is 18.5 Å². The SMILES string of the molecule is Cc1nc(N2CCC(F)(F)[C@@H](C)C2)c(C(=O)Nc2ccnc(S(N)(=O)=O)c2)cc1Cl. The van der Waals surface area contributed by atoms with Crippen molar-refractivity contribution in [1.82, 2.24) is 9.97 Å². The van der Waals surface area contributed by atoms with Gasteiger partial charge in [-0.05, 0) is 19.1 Å². The predicted molar refractivity (Wildman–Crippen MR) is 108 cm³/mol. The molecule has 1 atom stereocenters. The molecule has 2 aromatic rings. The van der Waals surface area contributed by atoms with Gasteiger partial charge in [-0.3, -0.25) is 4.79 Å². The fourth-order valence-electron chi connectivity index (χ4n) is 3.10. The van der Waals surface area contributed by atoms with Crippen LogP contribution < -0.4 is 15.4 Å². The summed E-state index contributed by atoms with van der Waals surface area (Å²) in [4.78, 5) is 22.6. The minimum Gasteiger partial charge on any atom is -0.355 e. The number of pyridine rings is 2. The molecule has 0 spiro atoms. The summed E-state index contributed by atoms with van der Waals surface area (Å²) >= 11 is 6.14. The Balaban J connectivity index is 1.94. The molecule has 0 radical (unpaired) electrons. The summed E-state index contributed by atoms with van der Waals surface area (Å²) in [7, 11) is -4.06. The lowest BCUT2D eigenvalue weighted by Gasteiger charge is -2.38. The molecule has 0 aliphatic carbocycles. The Kier molecular flexibility index (Phi) is 5.99. The Labute approximate surface area is 177 Å². The molecule has 0 bridgehead atoms. The molecule has 1 aliphatic rings. The number of anilines is 2. The zero-order chi connectivity index (χ0) is 22.3. The van der Waals surface area contributed by atoms with E-state index in [1.54, 1.807) is 11.8 Å². The van der Waals surface area contributed by atoms with Crippen LogP contribution in [0, 0.1) is 12.8 Å². The maximum Gasteiger partial charge on any atom is 0.259 e. The van der Waals surface area contributed by atoms with Crippen LogP contribution in [-0.4, -0.2) is 43.3 Å². The summed E-state index contributed by atoms with van der Waals surface area (Å²) in [5.74, 6) is -4.10. The van der Waals surface area contributed by atoms with Crippen molar-refractivity contribution in [3.8, 4) is 0 Å². The fraction of sp³-hybridized carbons (Fsp3) is 0.389. The zero-order valence-electron chi connectivity index (χ0n) is 16.2. The van der Waals surface area contributed by atoms with E-state index in [2.05, 4.69) is 15.3 Å². The predicted octanol–water partition coefficient (Wildman–Crippen LogP) is 2.82. The summed E-state index contributed by atoms with van der Waals surface area (Å²) in [6, 6.07) is 3.91. The number of amides is 1. The lowest BCUT2D eigenvalue weighted by Crippen LogP contribution is -2.46. The van der Waals surface area contributed by atoms with Crippen LogP contribution in [0.5, 0.6) is 0 Å². The Morgan fingerprint density at radius 1 is 1.40 bits per heavy atom. The van der Waals surface area contributed by atoms with Gasteiger partial charge in [0.2, 0.25) is 0 Å². The number of aromatic nitrogens is 2. The first-order valence-corrected chi connectivity index (χ1v) is 10.9. The number of nitrogens with two attached hydrogens (primary N) is 1. The number of piperidine rings is 1. The molecule has 30 heavy (non-hydrogen) atoms. The van der Waals surface area contributed by atoms with Crippen LogP contribution in [0.1, 0.15) is 29.4 Å². The highest BCUT2D eigenvalue weighted by molar-refractivity contribution is 7.89. The van der Waals surface area contributed by atoms with Crippen molar-refractivity contribution < 1.29 is 22.0 Å². The molecule has 1 fully saturated rings. The van der Waals surface area contributed by atoms with Gasteiger partial charge in [0.25, 0.3) is 21.9 Å². The van der Waals surface area contributed by atoms with Crippen molar-refractivity contribution in [2.24, 2.45) is 11.1 Å². The summed E-state index contributed by atoms with van der Waals surface area (Å²) < 4.78 is 50.7. The first-order chi connectivity index (χ1) is 13.9. The molecule has 3 N–H and O–H groups in total. The van der Waals surface area contributed by atoms with Gasteiger partial charge in [0.15, 0.2) is 5.03 Å². The minimum atomic E-state index is -4.06. The zero-order valence-corrected chi connectivity index (χ0v) is 17.8. The molecule has 162 valence electrons. The Hall–Kier alpha value is -2.37. The van der Waals surface area contributed by atoms with Gasteiger partial charge in [-0.15, -0.1) is 0 Å². The maximum atomic E-state index is 13.9. The largest absolute Gasteiger partial charge is 0.355 e. The molecule has 3 heterocycles. The summed E-state index contributed by atoms with van der Waals surface area (Å²) in [5.41, 5.74) is 0.672. The molecule has 1 saturated heterocycles. The normalized spacial score (nSPS) is 18.9. The highest BCUT2D eigenvalue weighted by Gasteiger charge is 2.42. The van der Waals surface area contributed by atoms with E-state index in [9.17, 15) is 22.0 Å². The summed E-state index contributed by atoms with van der Waals surface area (Å²) in [5, 5.41) is 7.44. The van der Waals surface area contributed by atoms with Crippen LogP contribution in [0.15, 0.2) is 29.4 Å². The number of hydrogen-bond donors (Lipinski definition) is 2. The van der Waals surface area contributed by atoms with E-state index in [0.717, 1.165) is 6.07 Å². The number of aryl methyl sites for hydroxylation is 1. The van der Waals surface area contributed by atoms with Crippen molar-refractivity contribution >= 4 is 39.0 Å². The van der Waals surface area contributed by atoms with Gasteiger partial charge in [-0.25, -0.2) is 32.3 Å². The lowest BCUT2D eigenvalue weighted by atomic mass is 9.95. The molecule has 8 nitrogen and oxygen atoms in total. The summed E-state index contributed by atoms with van der Waals surface area (Å²) in [6.07, 6.45) is 0.825. The summed E-state index contributed by atoms with van der Waals surface area (Å²) in [6.45, 7) is 3.14. The van der Waals surface area contributed by atoms with E-state index < -0.39 is 32.8 Å². The molecular formula is C18H20ClF2N5O3S. The third kappa shape index (κ3) is 4.68. The van der Waals surface area contributed by atoms with E-state index in [1.807, 2.05) is 0 Å².